The van der Waals surface area contributed by atoms with Gasteiger partial charge in [-0.05, 0) is 61.6 Å². The molecule has 3 aromatic rings. The van der Waals surface area contributed by atoms with Crippen molar-refractivity contribution in [1.29, 1.82) is 0 Å². The normalized spacial score (nSPS) is 12.9. The maximum atomic E-state index is 13.5. The summed E-state index contributed by atoms with van der Waals surface area (Å²) in [6, 6.07) is 13.5. The molecule has 0 spiro atoms. The number of aryl methyl sites for hydroxylation is 4. The summed E-state index contributed by atoms with van der Waals surface area (Å²) in [6.45, 7) is 7.33. The Morgan fingerprint density at radius 3 is 2.58 bits per heavy atom. The predicted octanol–water partition coefficient (Wildman–Crippen LogP) is 2.70. The molecule has 3 N–H and O–H groups in total. The lowest BCUT2D eigenvalue weighted by molar-refractivity contribution is 0.248. The van der Waals surface area contributed by atoms with Gasteiger partial charge in [0, 0.05) is 31.3 Å². The topological polar surface area (TPSA) is 94.4 Å². The Morgan fingerprint density at radius 1 is 1.10 bits per heavy atom. The van der Waals surface area contributed by atoms with Crippen LogP contribution in [0.3, 0.4) is 0 Å². The molecule has 1 aliphatic heterocycles. The highest BCUT2D eigenvalue weighted by Crippen LogP contribution is 2.30. The summed E-state index contributed by atoms with van der Waals surface area (Å²) < 4.78 is 3.41. The van der Waals surface area contributed by atoms with Gasteiger partial charge in [-0.3, -0.25) is 9.13 Å². The van der Waals surface area contributed by atoms with Crippen LogP contribution in [0.2, 0.25) is 0 Å². The van der Waals surface area contributed by atoms with Crippen molar-refractivity contribution in [3.8, 4) is 11.3 Å². The van der Waals surface area contributed by atoms with Gasteiger partial charge in [0.15, 0.2) is 0 Å². The van der Waals surface area contributed by atoms with E-state index in [4.69, 9.17) is 10.7 Å². The number of benzene rings is 2. The Balaban J connectivity index is 1.95. The number of rotatable bonds is 4. The molecular weight excluding hydrogens is 390 g/mol. The third-order valence-electron chi connectivity index (χ3n) is 5.88. The number of fused-ring (bicyclic) bond motifs is 3. The second-order valence-corrected chi connectivity index (χ2v) is 8.01. The number of amides is 2. The number of carbonyl (C=O) groups excluding carboxylic acids is 1. The van der Waals surface area contributed by atoms with Gasteiger partial charge < -0.3 is 11.1 Å². The summed E-state index contributed by atoms with van der Waals surface area (Å²) in [5, 5.41) is 2.56. The van der Waals surface area contributed by atoms with E-state index in [9.17, 15) is 9.59 Å². The molecule has 0 fully saturated rings. The molecule has 7 nitrogen and oxygen atoms in total. The molecule has 0 unspecified atom stereocenters. The maximum absolute atomic E-state index is 13.5. The van der Waals surface area contributed by atoms with E-state index in [0.29, 0.717) is 12.0 Å². The van der Waals surface area contributed by atoms with Gasteiger partial charge in [-0.15, -0.1) is 0 Å². The van der Waals surface area contributed by atoms with E-state index in [1.54, 1.807) is 9.13 Å². The van der Waals surface area contributed by atoms with E-state index < -0.39 is 6.03 Å². The largest absolute Gasteiger partial charge is 0.352 e. The Hall–Kier alpha value is -3.61. The third-order valence-corrected chi connectivity index (χ3v) is 5.88. The van der Waals surface area contributed by atoms with Gasteiger partial charge in [-0.2, -0.15) is 0 Å². The van der Waals surface area contributed by atoms with Crippen molar-refractivity contribution in [2.75, 3.05) is 6.54 Å². The number of hydrogen-bond donors (Lipinski definition) is 2. The lowest BCUT2D eigenvalue weighted by Gasteiger charge is -2.24. The third kappa shape index (κ3) is 4.03. The fourth-order valence-corrected chi connectivity index (χ4v) is 4.02. The van der Waals surface area contributed by atoms with Crippen molar-refractivity contribution in [3.05, 3.63) is 80.7 Å². The van der Waals surface area contributed by atoms with Crippen LogP contribution in [0, 0.1) is 20.8 Å². The minimum absolute atomic E-state index is 0.139. The standard InChI is InChI=1S/C24H27N5O2/c1-15-6-4-5-7-20(15)27-22-14-21-19-13-17(3)16(2)12-18(19)8-10-28(21)24(31)29(22)11-9-26-23(25)30/h4-7,12-14H,8-11H2,1-3H3,(H3,25,26,30)/b27-22+. The number of nitrogens with zero attached hydrogens (tertiary/aromatic N) is 3. The molecule has 7 heteroatoms. The first-order valence-electron chi connectivity index (χ1n) is 10.4. The number of aromatic nitrogens is 2. The summed E-state index contributed by atoms with van der Waals surface area (Å²) in [7, 11) is 0. The van der Waals surface area contributed by atoms with Crippen molar-refractivity contribution >= 4 is 11.7 Å². The molecule has 160 valence electrons. The molecule has 0 bridgehead atoms. The van der Waals surface area contributed by atoms with Crippen LogP contribution in [0.5, 0.6) is 0 Å². The fraction of sp³-hybridized carbons (Fsp3) is 0.292. The monoisotopic (exact) mass is 417 g/mol. The van der Waals surface area contributed by atoms with E-state index in [2.05, 4.69) is 31.3 Å². The second-order valence-electron chi connectivity index (χ2n) is 8.01. The minimum atomic E-state index is -0.615. The molecule has 0 radical (unpaired) electrons. The lowest BCUT2D eigenvalue weighted by atomic mass is 9.93. The zero-order valence-corrected chi connectivity index (χ0v) is 18.1. The highest BCUT2D eigenvalue weighted by Gasteiger charge is 2.20. The Kier molecular flexibility index (Phi) is 5.50. The fourth-order valence-electron chi connectivity index (χ4n) is 4.02. The summed E-state index contributed by atoms with van der Waals surface area (Å²) in [6.07, 6.45) is 0.803. The number of carbonyl (C=O) groups is 1. The summed E-state index contributed by atoms with van der Waals surface area (Å²) in [5.74, 6) is 0. The number of nitrogens with one attached hydrogen (secondary N) is 1. The van der Waals surface area contributed by atoms with Crippen LogP contribution in [0.1, 0.15) is 22.3 Å². The van der Waals surface area contributed by atoms with E-state index in [0.717, 1.165) is 28.9 Å². The molecule has 0 aliphatic carbocycles. The van der Waals surface area contributed by atoms with Crippen LogP contribution in [0.4, 0.5) is 10.5 Å². The molecule has 31 heavy (non-hydrogen) atoms. The first-order valence-corrected chi connectivity index (χ1v) is 10.4. The van der Waals surface area contributed by atoms with E-state index in [1.807, 2.05) is 37.3 Å². The first-order chi connectivity index (χ1) is 14.8. The van der Waals surface area contributed by atoms with E-state index in [1.165, 1.54) is 16.7 Å². The van der Waals surface area contributed by atoms with Crippen molar-refractivity contribution < 1.29 is 4.79 Å². The molecule has 0 saturated carbocycles. The SMILES string of the molecule is Cc1cc2c(cc1C)-c1c/c(=N\c3ccccc3C)n(CCNC(N)=O)c(=O)n1CC2. The number of hydrogen-bond acceptors (Lipinski definition) is 3. The zero-order chi connectivity index (χ0) is 22.1. The molecule has 4 rings (SSSR count). The van der Waals surface area contributed by atoms with Crippen molar-refractivity contribution in [2.45, 2.75) is 40.3 Å². The van der Waals surface area contributed by atoms with Crippen LogP contribution in [-0.4, -0.2) is 21.7 Å². The molecule has 2 aromatic carbocycles. The van der Waals surface area contributed by atoms with Gasteiger partial charge in [0.25, 0.3) is 0 Å². The maximum Gasteiger partial charge on any atom is 0.330 e. The zero-order valence-electron chi connectivity index (χ0n) is 18.1. The number of primary amides is 1. The van der Waals surface area contributed by atoms with E-state index in [-0.39, 0.29) is 18.8 Å². The molecule has 2 amide bonds. The predicted molar refractivity (Wildman–Crippen MR) is 121 cm³/mol. The first kappa shape index (κ1) is 20.7. The molecule has 0 saturated heterocycles. The van der Waals surface area contributed by atoms with Gasteiger partial charge in [0.2, 0.25) is 0 Å². The van der Waals surface area contributed by atoms with Crippen molar-refractivity contribution in [2.24, 2.45) is 10.7 Å². The van der Waals surface area contributed by atoms with Crippen LogP contribution >= 0.6 is 0 Å². The quantitative estimate of drug-likeness (QED) is 0.683. The van der Waals surface area contributed by atoms with E-state index >= 15 is 0 Å². The Bertz CT molecular complexity index is 1300. The lowest BCUT2D eigenvalue weighted by Crippen LogP contribution is -2.44. The van der Waals surface area contributed by atoms with Gasteiger partial charge in [-0.25, -0.2) is 14.6 Å². The smallest absolute Gasteiger partial charge is 0.330 e. The van der Waals surface area contributed by atoms with Crippen molar-refractivity contribution in [1.82, 2.24) is 14.5 Å². The summed E-state index contributed by atoms with van der Waals surface area (Å²) >= 11 is 0. The Labute approximate surface area is 180 Å². The molecule has 0 atom stereocenters. The van der Waals surface area contributed by atoms with Gasteiger partial charge in [-0.1, -0.05) is 24.3 Å². The van der Waals surface area contributed by atoms with Gasteiger partial charge in [0.1, 0.15) is 5.49 Å². The van der Waals surface area contributed by atoms with Crippen LogP contribution in [-0.2, 0) is 19.5 Å². The summed E-state index contributed by atoms with van der Waals surface area (Å²) in [5.41, 5.74) is 13.1. The molecule has 1 aromatic heterocycles. The highest BCUT2D eigenvalue weighted by atomic mass is 16.2. The van der Waals surface area contributed by atoms with Gasteiger partial charge in [0.05, 0.1) is 11.4 Å². The average molecular weight is 418 g/mol. The van der Waals surface area contributed by atoms with Crippen LogP contribution < -0.4 is 22.2 Å². The van der Waals surface area contributed by atoms with Crippen LogP contribution in [0.15, 0.2) is 52.3 Å². The number of para-hydroxylation sites is 1. The average Bonchev–Trinajstić information content (AvgIpc) is 2.72. The highest BCUT2D eigenvalue weighted by molar-refractivity contribution is 5.71. The molecule has 1 aliphatic rings. The van der Waals surface area contributed by atoms with Gasteiger partial charge >= 0.3 is 11.7 Å². The van der Waals surface area contributed by atoms with Crippen LogP contribution in [0.25, 0.3) is 11.3 Å². The molecular formula is C24H27N5O2. The number of nitrogens with two attached hydrogens (primary N) is 1. The second kappa shape index (κ2) is 8.26. The number of urea groups is 1. The summed E-state index contributed by atoms with van der Waals surface area (Å²) in [4.78, 5) is 29.4. The van der Waals surface area contributed by atoms with Crippen molar-refractivity contribution in [3.63, 3.8) is 0 Å². The Morgan fingerprint density at radius 2 is 1.84 bits per heavy atom. The molecule has 2 heterocycles. The minimum Gasteiger partial charge on any atom is -0.352 e.